The molecule has 1 aromatic rings. The highest BCUT2D eigenvalue weighted by Crippen LogP contribution is 2.33. The van der Waals surface area contributed by atoms with Gasteiger partial charge in [-0.1, -0.05) is 0 Å². The van der Waals surface area contributed by atoms with Crippen LogP contribution in [-0.2, 0) is 16.0 Å². The highest BCUT2D eigenvalue weighted by Gasteiger charge is 2.36. The molecule has 1 aliphatic rings. The zero-order chi connectivity index (χ0) is 16.0. The minimum absolute atomic E-state index is 0.119. The van der Waals surface area contributed by atoms with E-state index in [4.69, 9.17) is 4.74 Å². The van der Waals surface area contributed by atoms with Crippen LogP contribution in [0.15, 0.2) is 5.51 Å². The summed E-state index contributed by atoms with van der Waals surface area (Å²) in [7, 11) is 1.67. The fourth-order valence-corrected chi connectivity index (χ4v) is 3.88. The lowest BCUT2D eigenvalue weighted by molar-refractivity contribution is -0.136. The molecule has 1 atom stereocenters. The highest BCUT2D eigenvalue weighted by atomic mass is 32.1. The summed E-state index contributed by atoms with van der Waals surface area (Å²) in [4.78, 5) is 19.8. The Kier molecular flexibility index (Phi) is 6.35. The largest absolute Gasteiger partial charge is 0.396 e. The fraction of sp³-hybridized carbons (Fsp3) is 0.750. The first-order chi connectivity index (χ1) is 10.6. The van der Waals surface area contributed by atoms with E-state index in [1.54, 1.807) is 18.4 Å². The minimum atomic E-state index is -0.190. The molecule has 0 aromatic carbocycles. The molecule has 1 aliphatic heterocycles. The Hall–Kier alpha value is -0.980. The number of amides is 1. The maximum Gasteiger partial charge on any atom is 0.222 e. The van der Waals surface area contributed by atoms with Gasteiger partial charge in [0.15, 0.2) is 0 Å². The van der Waals surface area contributed by atoms with Crippen LogP contribution >= 0.6 is 11.3 Å². The van der Waals surface area contributed by atoms with Gasteiger partial charge in [0, 0.05) is 43.5 Å². The van der Waals surface area contributed by atoms with E-state index < -0.39 is 0 Å². The second kappa shape index (κ2) is 8.04. The first kappa shape index (κ1) is 17.4. The number of hydrogen-bond donors (Lipinski definition) is 1. The zero-order valence-electron chi connectivity index (χ0n) is 13.5. The van der Waals surface area contributed by atoms with Gasteiger partial charge in [-0.15, -0.1) is 11.3 Å². The highest BCUT2D eigenvalue weighted by molar-refractivity contribution is 7.09. The number of nitrogens with zero attached hydrogens (tertiary/aromatic N) is 2. The van der Waals surface area contributed by atoms with E-state index in [0.29, 0.717) is 19.6 Å². The van der Waals surface area contributed by atoms with Gasteiger partial charge in [0.1, 0.15) is 0 Å². The van der Waals surface area contributed by atoms with Crippen LogP contribution in [0.3, 0.4) is 0 Å². The summed E-state index contributed by atoms with van der Waals surface area (Å²) in [5.41, 5.74) is 2.67. The fourth-order valence-electron chi connectivity index (χ4n) is 3.10. The van der Waals surface area contributed by atoms with Crippen molar-refractivity contribution in [1.29, 1.82) is 0 Å². The molecule has 0 radical (unpaired) electrons. The van der Waals surface area contributed by atoms with Gasteiger partial charge in [-0.2, -0.15) is 0 Å². The average molecular weight is 326 g/mol. The molecular weight excluding hydrogens is 300 g/mol. The molecule has 0 spiro atoms. The summed E-state index contributed by atoms with van der Waals surface area (Å²) in [6, 6.07) is 0. The number of aliphatic hydroxyl groups is 1. The van der Waals surface area contributed by atoms with Crippen molar-refractivity contribution in [3.63, 3.8) is 0 Å². The van der Waals surface area contributed by atoms with Crippen LogP contribution in [0.1, 0.15) is 36.3 Å². The van der Waals surface area contributed by atoms with Crippen molar-refractivity contribution < 1.29 is 14.6 Å². The third kappa shape index (κ3) is 4.27. The molecule has 0 aliphatic carbocycles. The predicted octanol–water partition coefficient (Wildman–Crippen LogP) is 2.02. The molecule has 1 aromatic heterocycles. The summed E-state index contributed by atoms with van der Waals surface area (Å²) in [6.07, 6.45) is 4.00. The van der Waals surface area contributed by atoms with Gasteiger partial charge in [-0.25, -0.2) is 4.98 Å². The summed E-state index contributed by atoms with van der Waals surface area (Å²) < 4.78 is 5.16. The maximum absolute atomic E-state index is 12.5. The number of ether oxygens (including phenoxy) is 1. The maximum atomic E-state index is 12.5. The molecule has 5 nitrogen and oxygen atoms in total. The molecule has 1 N–H and O–H groups in total. The van der Waals surface area contributed by atoms with Gasteiger partial charge in [-0.3, -0.25) is 4.79 Å². The molecule has 2 rings (SSSR count). The van der Waals surface area contributed by atoms with Crippen molar-refractivity contribution in [3.8, 4) is 0 Å². The molecule has 1 fully saturated rings. The van der Waals surface area contributed by atoms with E-state index in [9.17, 15) is 9.90 Å². The van der Waals surface area contributed by atoms with Crippen LogP contribution in [-0.4, -0.2) is 54.3 Å². The molecule has 1 saturated heterocycles. The van der Waals surface area contributed by atoms with Crippen molar-refractivity contribution in [2.45, 2.75) is 39.0 Å². The van der Waals surface area contributed by atoms with Crippen LogP contribution in [0.4, 0.5) is 0 Å². The third-order valence-corrected chi connectivity index (χ3v) is 5.59. The Balaban J connectivity index is 1.90. The Morgan fingerprint density at radius 1 is 1.59 bits per heavy atom. The van der Waals surface area contributed by atoms with Crippen LogP contribution < -0.4 is 0 Å². The number of rotatable bonds is 7. The monoisotopic (exact) mass is 326 g/mol. The van der Waals surface area contributed by atoms with Gasteiger partial charge in [-0.05, 0) is 32.6 Å². The lowest BCUT2D eigenvalue weighted by Crippen LogP contribution is -2.48. The standard InChI is InChI=1S/C16H26N2O3S/c1-13-14(22-12-17-13)4-5-15(20)18-8-3-6-16(10-18,11-19)7-9-21-2/h12,19H,3-11H2,1-2H3/t16-/m0/s1. The number of carbonyl (C=O) groups excluding carboxylic acids is 1. The number of thiazole rings is 1. The second-order valence-electron chi connectivity index (χ2n) is 6.18. The molecule has 1 amide bonds. The zero-order valence-corrected chi connectivity index (χ0v) is 14.3. The summed E-state index contributed by atoms with van der Waals surface area (Å²) in [5, 5.41) is 9.78. The van der Waals surface area contributed by atoms with E-state index in [1.165, 1.54) is 4.88 Å². The summed E-state index contributed by atoms with van der Waals surface area (Å²) >= 11 is 1.62. The Labute approximate surface area is 136 Å². The van der Waals surface area contributed by atoms with E-state index in [-0.39, 0.29) is 17.9 Å². The van der Waals surface area contributed by atoms with Crippen molar-refractivity contribution in [2.75, 3.05) is 33.4 Å². The van der Waals surface area contributed by atoms with Crippen molar-refractivity contribution in [1.82, 2.24) is 9.88 Å². The molecule has 2 heterocycles. The number of aromatic nitrogens is 1. The number of likely N-dealkylation sites (tertiary alicyclic amines) is 1. The number of piperidine rings is 1. The van der Waals surface area contributed by atoms with E-state index in [1.807, 2.05) is 17.3 Å². The van der Waals surface area contributed by atoms with Crippen LogP contribution in [0.5, 0.6) is 0 Å². The number of carbonyl (C=O) groups is 1. The second-order valence-corrected chi connectivity index (χ2v) is 7.12. The number of aryl methyl sites for hydroxylation is 2. The molecular formula is C16H26N2O3S. The Morgan fingerprint density at radius 3 is 3.05 bits per heavy atom. The van der Waals surface area contributed by atoms with E-state index >= 15 is 0 Å². The summed E-state index contributed by atoms with van der Waals surface area (Å²) in [5.74, 6) is 0.183. The van der Waals surface area contributed by atoms with Crippen LogP contribution in [0, 0.1) is 12.3 Å². The third-order valence-electron chi connectivity index (χ3n) is 4.60. The molecule has 0 bridgehead atoms. The average Bonchev–Trinajstić information content (AvgIpc) is 2.96. The first-order valence-corrected chi connectivity index (χ1v) is 8.75. The first-order valence-electron chi connectivity index (χ1n) is 7.87. The molecule has 124 valence electrons. The van der Waals surface area contributed by atoms with Crippen LogP contribution in [0.25, 0.3) is 0 Å². The van der Waals surface area contributed by atoms with E-state index in [2.05, 4.69) is 4.98 Å². The number of hydrogen-bond acceptors (Lipinski definition) is 5. The van der Waals surface area contributed by atoms with Gasteiger partial charge < -0.3 is 14.7 Å². The number of aliphatic hydroxyl groups excluding tert-OH is 1. The quantitative estimate of drug-likeness (QED) is 0.833. The minimum Gasteiger partial charge on any atom is -0.396 e. The topological polar surface area (TPSA) is 62.7 Å². The van der Waals surface area contributed by atoms with Crippen molar-refractivity contribution in [2.24, 2.45) is 5.41 Å². The molecule has 22 heavy (non-hydrogen) atoms. The van der Waals surface area contributed by atoms with Gasteiger partial charge >= 0.3 is 0 Å². The Bertz CT molecular complexity index is 491. The Morgan fingerprint density at radius 2 is 2.41 bits per heavy atom. The summed E-state index contributed by atoms with van der Waals surface area (Å²) in [6.45, 7) is 4.18. The van der Waals surface area contributed by atoms with Crippen molar-refractivity contribution in [3.05, 3.63) is 16.1 Å². The molecule has 6 heteroatoms. The van der Waals surface area contributed by atoms with Gasteiger partial charge in [0.25, 0.3) is 0 Å². The van der Waals surface area contributed by atoms with E-state index in [0.717, 1.165) is 37.9 Å². The lowest BCUT2D eigenvalue weighted by Gasteiger charge is -2.42. The van der Waals surface area contributed by atoms with Crippen molar-refractivity contribution >= 4 is 17.2 Å². The smallest absolute Gasteiger partial charge is 0.222 e. The molecule has 0 unspecified atom stereocenters. The molecule has 0 saturated carbocycles. The van der Waals surface area contributed by atoms with Gasteiger partial charge in [0.05, 0.1) is 17.8 Å². The number of methoxy groups -OCH3 is 1. The predicted molar refractivity (Wildman–Crippen MR) is 87.0 cm³/mol. The van der Waals surface area contributed by atoms with Gasteiger partial charge in [0.2, 0.25) is 5.91 Å². The SMILES string of the molecule is COCC[C@@]1(CO)CCCN(C(=O)CCc2scnc2C)C1. The van der Waals surface area contributed by atoms with Crippen LogP contribution in [0.2, 0.25) is 0 Å². The lowest BCUT2D eigenvalue weighted by atomic mass is 9.78. The normalized spacial score (nSPS) is 22.0.